The number of hydrogen-bond acceptors (Lipinski definition) is 1. The molecule has 0 spiro atoms. The van der Waals surface area contributed by atoms with E-state index in [1.807, 2.05) is 0 Å². The zero-order chi connectivity index (χ0) is 8.36. The van der Waals surface area contributed by atoms with Gasteiger partial charge in [-0.15, -0.1) is 11.6 Å². The molecule has 0 aliphatic heterocycles. The Morgan fingerprint density at radius 1 is 1.50 bits per heavy atom. The second kappa shape index (κ2) is 4.23. The minimum atomic E-state index is -3.22. The summed E-state index contributed by atoms with van der Waals surface area (Å²) in [7, 11) is 0. The van der Waals surface area contributed by atoms with Crippen molar-refractivity contribution >= 4 is 51.5 Å². The lowest BCUT2D eigenvalue weighted by Gasteiger charge is -2.02. The van der Waals surface area contributed by atoms with E-state index in [0.717, 1.165) is 0 Å². The first-order valence-corrected chi connectivity index (χ1v) is 6.73. The predicted octanol–water partition coefficient (Wildman–Crippen LogP) is 4.37. The van der Waals surface area contributed by atoms with Crippen LogP contribution in [0.25, 0.3) is 0 Å². The molecular formula is C4H5Cl4OP. The highest BCUT2D eigenvalue weighted by atomic mass is 35.9. The summed E-state index contributed by atoms with van der Waals surface area (Å²) in [4.78, 5) is 0. The molecule has 0 aliphatic rings. The Labute approximate surface area is 79.2 Å². The van der Waals surface area contributed by atoms with E-state index in [9.17, 15) is 4.57 Å². The molecule has 0 saturated heterocycles. The largest absolute Gasteiger partial charge is 0.284 e. The summed E-state index contributed by atoms with van der Waals surface area (Å²) < 4.78 is 10.8. The number of hydrogen-bond donors (Lipinski definition) is 0. The molecule has 0 radical (unpaired) electrons. The maximum Gasteiger partial charge on any atom is 0.278 e. The lowest BCUT2D eigenvalue weighted by molar-refractivity contribution is 0.595. The van der Waals surface area contributed by atoms with Gasteiger partial charge in [0.15, 0.2) is 0 Å². The Kier molecular flexibility index (Phi) is 4.71. The molecule has 0 saturated carbocycles. The number of allylic oxidation sites excluding steroid dienone is 2. The minimum Gasteiger partial charge on any atom is -0.284 e. The summed E-state index contributed by atoms with van der Waals surface area (Å²) in [6.07, 6.45) is 0. The van der Waals surface area contributed by atoms with Crippen molar-refractivity contribution < 1.29 is 4.57 Å². The van der Waals surface area contributed by atoms with Gasteiger partial charge in [0.1, 0.15) is 0 Å². The number of alkyl halides is 1. The third-order valence-corrected chi connectivity index (χ3v) is 4.43. The van der Waals surface area contributed by atoms with Crippen molar-refractivity contribution in [1.29, 1.82) is 0 Å². The van der Waals surface area contributed by atoms with E-state index in [2.05, 4.69) is 0 Å². The van der Waals surface area contributed by atoms with Crippen LogP contribution in [0.15, 0.2) is 10.3 Å². The molecule has 6 heteroatoms. The van der Waals surface area contributed by atoms with Gasteiger partial charge >= 0.3 is 0 Å². The van der Waals surface area contributed by atoms with Crippen LogP contribution in [0.4, 0.5) is 0 Å². The maximum atomic E-state index is 10.8. The van der Waals surface area contributed by atoms with E-state index in [-0.39, 0.29) is 16.2 Å². The van der Waals surface area contributed by atoms with Crippen molar-refractivity contribution in [3.05, 3.63) is 10.3 Å². The lowest BCUT2D eigenvalue weighted by Crippen LogP contribution is -1.77. The second-order valence-corrected chi connectivity index (χ2v) is 7.28. The van der Waals surface area contributed by atoms with E-state index < -0.39 is 5.85 Å². The van der Waals surface area contributed by atoms with Crippen LogP contribution in [0.2, 0.25) is 0 Å². The summed E-state index contributed by atoms with van der Waals surface area (Å²) in [5.74, 6) is -3.14. The second-order valence-electron chi connectivity index (χ2n) is 1.59. The van der Waals surface area contributed by atoms with Gasteiger partial charge in [0.2, 0.25) is 0 Å². The quantitative estimate of drug-likeness (QED) is 0.519. The van der Waals surface area contributed by atoms with Crippen molar-refractivity contribution in [1.82, 2.24) is 0 Å². The molecule has 0 aromatic heterocycles. The molecule has 10 heavy (non-hydrogen) atoms. The van der Waals surface area contributed by atoms with Gasteiger partial charge in [-0.25, -0.2) is 0 Å². The number of halogens is 4. The van der Waals surface area contributed by atoms with Crippen molar-refractivity contribution in [2.24, 2.45) is 0 Å². The molecular weight excluding hydrogens is 237 g/mol. The summed E-state index contributed by atoms with van der Waals surface area (Å²) >= 11 is 21.4. The maximum absolute atomic E-state index is 10.8. The standard InChI is InChI=1S/C4H5Cl4OP/c1-3(4(6)2-5)10(7,8)9/h2H2,1H3/b4-3+. The van der Waals surface area contributed by atoms with Gasteiger partial charge in [-0.2, -0.15) is 0 Å². The Morgan fingerprint density at radius 2 is 1.90 bits per heavy atom. The van der Waals surface area contributed by atoms with Crippen molar-refractivity contribution in [3.63, 3.8) is 0 Å². The predicted molar refractivity (Wildman–Crippen MR) is 48.6 cm³/mol. The Balaban J connectivity index is 4.65. The van der Waals surface area contributed by atoms with E-state index >= 15 is 0 Å². The van der Waals surface area contributed by atoms with E-state index in [1.165, 1.54) is 6.92 Å². The van der Waals surface area contributed by atoms with Crippen LogP contribution in [-0.2, 0) is 4.57 Å². The molecule has 0 aliphatic carbocycles. The molecule has 0 aromatic carbocycles. The molecule has 0 atom stereocenters. The van der Waals surface area contributed by atoms with Gasteiger partial charge in [-0.3, -0.25) is 4.57 Å². The van der Waals surface area contributed by atoms with Gasteiger partial charge in [0, 0.05) is 10.3 Å². The zero-order valence-corrected chi connectivity index (χ0v) is 8.99. The molecule has 0 N–H and O–H groups in total. The Bertz CT molecular complexity index is 193. The third-order valence-electron chi connectivity index (χ3n) is 0.900. The van der Waals surface area contributed by atoms with Gasteiger partial charge in [0.05, 0.1) is 5.88 Å². The van der Waals surface area contributed by atoms with Crippen molar-refractivity contribution in [3.8, 4) is 0 Å². The van der Waals surface area contributed by atoms with Crippen LogP contribution in [-0.4, -0.2) is 5.88 Å². The monoisotopic (exact) mass is 240 g/mol. The Hall–Kier alpha value is 1.13. The smallest absolute Gasteiger partial charge is 0.278 e. The summed E-state index contributed by atoms with van der Waals surface area (Å²) in [5.41, 5.74) is 0. The highest BCUT2D eigenvalue weighted by molar-refractivity contribution is 8.11. The highest BCUT2D eigenvalue weighted by Gasteiger charge is 2.19. The Morgan fingerprint density at radius 3 is 2.00 bits per heavy atom. The van der Waals surface area contributed by atoms with E-state index in [4.69, 9.17) is 45.7 Å². The van der Waals surface area contributed by atoms with Crippen molar-refractivity contribution in [2.45, 2.75) is 6.92 Å². The normalized spacial score (nSPS) is 14.9. The van der Waals surface area contributed by atoms with Crippen molar-refractivity contribution in [2.75, 3.05) is 5.88 Å². The average Bonchev–Trinajstić information content (AvgIpc) is 1.83. The SMILES string of the molecule is C/C(=C(\Cl)CCl)P(=O)(Cl)Cl. The van der Waals surface area contributed by atoms with Crippen LogP contribution >= 0.6 is 51.5 Å². The van der Waals surface area contributed by atoms with Gasteiger partial charge in [-0.05, 0) is 29.4 Å². The molecule has 60 valence electrons. The fourth-order valence-electron chi connectivity index (χ4n) is 0.238. The molecule has 0 amide bonds. The average molecular weight is 242 g/mol. The molecule has 0 unspecified atom stereocenters. The molecule has 0 heterocycles. The topological polar surface area (TPSA) is 17.1 Å². The fourth-order valence-corrected chi connectivity index (χ4v) is 2.12. The molecule has 0 bridgehead atoms. The fraction of sp³-hybridized carbons (Fsp3) is 0.500. The molecule has 0 aromatic rings. The lowest BCUT2D eigenvalue weighted by atomic mass is 10.6. The van der Waals surface area contributed by atoms with Gasteiger partial charge in [-0.1, -0.05) is 11.6 Å². The van der Waals surface area contributed by atoms with Crippen LogP contribution in [0.3, 0.4) is 0 Å². The summed E-state index contributed by atoms with van der Waals surface area (Å²) in [6.45, 7) is 1.49. The highest BCUT2D eigenvalue weighted by Crippen LogP contribution is 2.64. The summed E-state index contributed by atoms with van der Waals surface area (Å²) in [5, 5.41) is 0.502. The minimum absolute atomic E-state index is 0.0802. The first kappa shape index (κ1) is 11.1. The van der Waals surface area contributed by atoms with Crippen LogP contribution in [0.1, 0.15) is 6.92 Å². The third kappa shape index (κ3) is 3.50. The van der Waals surface area contributed by atoms with E-state index in [0.29, 0.717) is 0 Å². The van der Waals surface area contributed by atoms with Crippen LogP contribution in [0, 0.1) is 0 Å². The summed E-state index contributed by atoms with van der Waals surface area (Å²) in [6, 6.07) is 0. The van der Waals surface area contributed by atoms with Crippen LogP contribution in [0.5, 0.6) is 0 Å². The first-order chi connectivity index (χ1) is 4.39. The van der Waals surface area contributed by atoms with Gasteiger partial charge in [0.25, 0.3) is 5.85 Å². The molecule has 0 rings (SSSR count). The van der Waals surface area contributed by atoms with Crippen LogP contribution < -0.4 is 0 Å². The zero-order valence-electron chi connectivity index (χ0n) is 5.07. The molecule has 1 nitrogen and oxygen atoms in total. The first-order valence-electron chi connectivity index (χ1n) is 2.30. The van der Waals surface area contributed by atoms with E-state index in [1.54, 1.807) is 0 Å². The number of rotatable bonds is 2. The molecule has 0 fully saturated rings. The van der Waals surface area contributed by atoms with Gasteiger partial charge < -0.3 is 0 Å².